The second-order valence-electron chi connectivity index (χ2n) is 5.66. The molecule has 0 unspecified atom stereocenters. The molecule has 1 aromatic rings. The average Bonchev–Trinajstić information content (AvgIpc) is 2.45. The van der Waals surface area contributed by atoms with Crippen molar-refractivity contribution < 1.29 is 14.3 Å². The summed E-state index contributed by atoms with van der Waals surface area (Å²) in [4.78, 5) is 11.7. The fourth-order valence-corrected chi connectivity index (χ4v) is 1.99. The predicted octanol–water partition coefficient (Wildman–Crippen LogP) is 2.63. The van der Waals surface area contributed by atoms with E-state index in [4.69, 9.17) is 9.47 Å². The summed E-state index contributed by atoms with van der Waals surface area (Å²) in [5.41, 5.74) is 1.75. The third kappa shape index (κ3) is 5.31. The molecule has 112 valence electrons. The second-order valence-corrected chi connectivity index (χ2v) is 5.66. The summed E-state index contributed by atoms with van der Waals surface area (Å²) in [7, 11) is 3.12. The minimum atomic E-state index is -0.291. The van der Waals surface area contributed by atoms with E-state index in [0.29, 0.717) is 12.1 Å². The number of benzene rings is 1. The molecule has 0 saturated heterocycles. The predicted molar refractivity (Wildman–Crippen MR) is 79.8 cm³/mol. The van der Waals surface area contributed by atoms with Crippen molar-refractivity contribution in [1.29, 1.82) is 0 Å². The molecule has 0 radical (unpaired) electrons. The lowest BCUT2D eigenvalue weighted by Crippen LogP contribution is -2.30. The largest absolute Gasteiger partial charge is 0.465 e. The molecule has 0 aliphatic rings. The number of ether oxygens (including phenoxy) is 2. The van der Waals surface area contributed by atoms with E-state index < -0.39 is 0 Å². The zero-order chi connectivity index (χ0) is 15.0. The van der Waals surface area contributed by atoms with E-state index in [9.17, 15) is 4.79 Å². The van der Waals surface area contributed by atoms with Gasteiger partial charge >= 0.3 is 5.97 Å². The third-order valence-corrected chi connectivity index (χ3v) is 3.32. The molecule has 4 heteroatoms. The van der Waals surface area contributed by atoms with Crippen LogP contribution in [0.2, 0.25) is 0 Å². The highest BCUT2D eigenvalue weighted by atomic mass is 16.5. The quantitative estimate of drug-likeness (QED) is 0.743. The van der Waals surface area contributed by atoms with Gasteiger partial charge in [-0.05, 0) is 23.5 Å². The standard InChI is InChI=1S/C16H25NO3/c1-16(2,9-10-19-3)12-17-11-13-7-5-6-8-14(13)15(18)20-4/h5-8,17H,9-12H2,1-4H3. The molecule has 0 aliphatic carbocycles. The molecule has 0 bridgehead atoms. The first-order chi connectivity index (χ1) is 9.50. The summed E-state index contributed by atoms with van der Waals surface area (Å²) in [5.74, 6) is -0.291. The van der Waals surface area contributed by atoms with Gasteiger partial charge in [0.2, 0.25) is 0 Å². The fourth-order valence-electron chi connectivity index (χ4n) is 1.99. The molecular formula is C16H25NO3. The van der Waals surface area contributed by atoms with E-state index in [-0.39, 0.29) is 11.4 Å². The molecule has 0 heterocycles. The number of rotatable bonds is 8. The molecule has 0 aromatic heterocycles. The van der Waals surface area contributed by atoms with Crippen LogP contribution < -0.4 is 5.32 Å². The topological polar surface area (TPSA) is 47.6 Å². The van der Waals surface area contributed by atoms with Gasteiger partial charge in [-0.2, -0.15) is 0 Å². The molecular weight excluding hydrogens is 254 g/mol. The van der Waals surface area contributed by atoms with Gasteiger partial charge in [0.05, 0.1) is 12.7 Å². The van der Waals surface area contributed by atoms with Gasteiger partial charge in [-0.15, -0.1) is 0 Å². The molecule has 0 fully saturated rings. The van der Waals surface area contributed by atoms with Crippen molar-refractivity contribution in [3.63, 3.8) is 0 Å². The second kappa shape index (κ2) is 8.02. The van der Waals surface area contributed by atoms with E-state index in [0.717, 1.165) is 25.1 Å². The van der Waals surface area contributed by atoms with Crippen LogP contribution in [0.3, 0.4) is 0 Å². The Balaban J connectivity index is 2.56. The van der Waals surface area contributed by atoms with Crippen molar-refractivity contribution in [3.05, 3.63) is 35.4 Å². The monoisotopic (exact) mass is 279 g/mol. The molecule has 20 heavy (non-hydrogen) atoms. The van der Waals surface area contributed by atoms with Crippen LogP contribution in [0.25, 0.3) is 0 Å². The number of esters is 1. The maximum atomic E-state index is 11.7. The summed E-state index contributed by atoms with van der Waals surface area (Å²) in [6.45, 7) is 6.68. The molecule has 4 nitrogen and oxygen atoms in total. The van der Waals surface area contributed by atoms with Gasteiger partial charge in [-0.1, -0.05) is 32.0 Å². The first-order valence-corrected chi connectivity index (χ1v) is 6.86. The van der Waals surface area contributed by atoms with Crippen LogP contribution in [0.1, 0.15) is 36.2 Å². The van der Waals surface area contributed by atoms with Crippen LogP contribution in [-0.2, 0) is 16.0 Å². The Hall–Kier alpha value is -1.39. The van der Waals surface area contributed by atoms with Crippen molar-refractivity contribution >= 4 is 5.97 Å². The van der Waals surface area contributed by atoms with Gasteiger partial charge in [0.1, 0.15) is 0 Å². The number of carbonyl (C=O) groups is 1. The molecule has 1 rings (SSSR count). The number of methoxy groups -OCH3 is 2. The molecule has 0 atom stereocenters. The Morgan fingerprint density at radius 3 is 2.60 bits per heavy atom. The van der Waals surface area contributed by atoms with Gasteiger partial charge in [0, 0.05) is 26.8 Å². The first kappa shape index (κ1) is 16.7. The highest BCUT2D eigenvalue weighted by Gasteiger charge is 2.17. The Labute approximate surface area is 121 Å². The van der Waals surface area contributed by atoms with Crippen molar-refractivity contribution in [1.82, 2.24) is 5.32 Å². The number of carbonyl (C=O) groups excluding carboxylic acids is 1. The van der Waals surface area contributed by atoms with E-state index in [1.54, 1.807) is 13.2 Å². The Bertz CT molecular complexity index is 429. The molecule has 0 aliphatic heterocycles. The van der Waals surface area contributed by atoms with Crippen molar-refractivity contribution in [2.75, 3.05) is 27.4 Å². The van der Waals surface area contributed by atoms with Crippen molar-refractivity contribution in [2.45, 2.75) is 26.8 Å². The lowest BCUT2D eigenvalue weighted by molar-refractivity contribution is 0.0599. The lowest BCUT2D eigenvalue weighted by atomic mass is 9.89. The first-order valence-electron chi connectivity index (χ1n) is 6.86. The Morgan fingerprint density at radius 1 is 1.25 bits per heavy atom. The van der Waals surface area contributed by atoms with Crippen LogP contribution in [0.15, 0.2) is 24.3 Å². The van der Waals surface area contributed by atoms with Crippen LogP contribution in [0.5, 0.6) is 0 Å². The van der Waals surface area contributed by atoms with Gasteiger partial charge in [-0.25, -0.2) is 4.79 Å². The van der Waals surface area contributed by atoms with E-state index in [1.807, 2.05) is 18.2 Å². The summed E-state index contributed by atoms with van der Waals surface area (Å²) in [5, 5.41) is 3.41. The van der Waals surface area contributed by atoms with Gasteiger partial charge in [-0.3, -0.25) is 0 Å². The van der Waals surface area contributed by atoms with Gasteiger partial charge in [0.15, 0.2) is 0 Å². The Morgan fingerprint density at radius 2 is 1.95 bits per heavy atom. The molecule has 1 aromatic carbocycles. The van der Waals surface area contributed by atoms with Crippen LogP contribution in [0, 0.1) is 5.41 Å². The summed E-state index contributed by atoms with van der Waals surface area (Å²) < 4.78 is 9.91. The lowest BCUT2D eigenvalue weighted by Gasteiger charge is -2.24. The Kier molecular flexibility index (Phi) is 6.68. The van der Waals surface area contributed by atoms with E-state index in [2.05, 4.69) is 19.2 Å². The number of nitrogens with one attached hydrogen (secondary N) is 1. The summed E-state index contributed by atoms with van der Waals surface area (Å²) >= 11 is 0. The minimum absolute atomic E-state index is 0.163. The van der Waals surface area contributed by atoms with E-state index >= 15 is 0 Å². The van der Waals surface area contributed by atoms with Crippen molar-refractivity contribution in [2.24, 2.45) is 5.41 Å². The van der Waals surface area contributed by atoms with Gasteiger partial charge < -0.3 is 14.8 Å². The zero-order valence-corrected chi connectivity index (χ0v) is 12.9. The average molecular weight is 279 g/mol. The normalized spacial score (nSPS) is 11.4. The fraction of sp³-hybridized carbons (Fsp3) is 0.562. The SMILES string of the molecule is COCCC(C)(C)CNCc1ccccc1C(=O)OC. The third-order valence-electron chi connectivity index (χ3n) is 3.32. The number of hydrogen-bond acceptors (Lipinski definition) is 4. The highest BCUT2D eigenvalue weighted by Crippen LogP contribution is 2.19. The van der Waals surface area contributed by atoms with Crippen LogP contribution >= 0.6 is 0 Å². The minimum Gasteiger partial charge on any atom is -0.465 e. The highest BCUT2D eigenvalue weighted by molar-refractivity contribution is 5.90. The smallest absolute Gasteiger partial charge is 0.338 e. The maximum Gasteiger partial charge on any atom is 0.338 e. The molecule has 0 spiro atoms. The van der Waals surface area contributed by atoms with Crippen LogP contribution in [-0.4, -0.2) is 33.3 Å². The number of hydrogen-bond donors (Lipinski definition) is 1. The molecule has 0 saturated carbocycles. The maximum absolute atomic E-state index is 11.7. The molecule has 1 N–H and O–H groups in total. The summed E-state index contributed by atoms with van der Waals surface area (Å²) in [6.07, 6.45) is 0.995. The molecule has 0 amide bonds. The van der Waals surface area contributed by atoms with Crippen molar-refractivity contribution in [3.8, 4) is 0 Å². The zero-order valence-electron chi connectivity index (χ0n) is 12.9. The van der Waals surface area contributed by atoms with E-state index in [1.165, 1.54) is 7.11 Å². The van der Waals surface area contributed by atoms with Crippen LogP contribution in [0.4, 0.5) is 0 Å². The summed E-state index contributed by atoms with van der Waals surface area (Å²) in [6, 6.07) is 7.51. The van der Waals surface area contributed by atoms with Gasteiger partial charge in [0.25, 0.3) is 0 Å².